The monoisotopic (exact) mass is 311 g/mol. The van der Waals surface area contributed by atoms with Gasteiger partial charge in [0, 0.05) is 17.4 Å². The zero-order chi connectivity index (χ0) is 13.0. The van der Waals surface area contributed by atoms with Gasteiger partial charge in [-0.3, -0.25) is 4.79 Å². The summed E-state index contributed by atoms with van der Waals surface area (Å²) in [5.74, 6) is 0.0989. The zero-order valence-corrected chi connectivity index (χ0v) is 11.5. The standard InChI is InChI=1S/C13H14BrNO3/c14-11-5-3-10(4-6-11)9-18-13(17)15-7-1-2-12(16)8-15/h3-6H,1-2,7-9H2. The molecule has 1 aromatic rings. The van der Waals surface area contributed by atoms with Gasteiger partial charge < -0.3 is 9.64 Å². The molecule has 1 amide bonds. The maximum atomic E-state index is 11.7. The van der Waals surface area contributed by atoms with Crippen molar-refractivity contribution in [2.75, 3.05) is 13.1 Å². The molecule has 1 fully saturated rings. The molecule has 0 saturated carbocycles. The van der Waals surface area contributed by atoms with Crippen molar-refractivity contribution in [1.82, 2.24) is 4.90 Å². The molecule has 0 bridgehead atoms. The Bertz CT molecular complexity index is 444. The van der Waals surface area contributed by atoms with Crippen LogP contribution in [0.3, 0.4) is 0 Å². The van der Waals surface area contributed by atoms with Crippen LogP contribution in [0.4, 0.5) is 4.79 Å². The van der Waals surface area contributed by atoms with E-state index < -0.39 is 6.09 Å². The first-order valence-corrected chi connectivity index (χ1v) is 6.62. The van der Waals surface area contributed by atoms with E-state index in [2.05, 4.69) is 15.9 Å². The number of piperidine rings is 1. The molecule has 0 spiro atoms. The average Bonchev–Trinajstić information content (AvgIpc) is 2.38. The Hall–Kier alpha value is -1.36. The van der Waals surface area contributed by atoms with Gasteiger partial charge in [-0.15, -0.1) is 0 Å². The maximum absolute atomic E-state index is 11.7. The fraction of sp³-hybridized carbons (Fsp3) is 0.385. The second-order valence-electron chi connectivity index (χ2n) is 4.24. The van der Waals surface area contributed by atoms with Crippen molar-refractivity contribution in [3.05, 3.63) is 34.3 Å². The van der Waals surface area contributed by atoms with Crippen LogP contribution >= 0.6 is 15.9 Å². The minimum atomic E-state index is -0.411. The van der Waals surface area contributed by atoms with Crippen molar-refractivity contribution in [3.8, 4) is 0 Å². The number of benzene rings is 1. The number of carbonyl (C=O) groups excluding carboxylic acids is 2. The van der Waals surface area contributed by atoms with Crippen LogP contribution in [0.2, 0.25) is 0 Å². The molecule has 4 nitrogen and oxygen atoms in total. The molecule has 1 heterocycles. The smallest absolute Gasteiger partial charge is 0.410 e. The topological polar surface area (TPSA) is 46.6 Å². The van der Waals surface area contributed by atoms with Gasteiger partial charge in [-0.2, -0.15) is 0 Å². The number of amides is 1. The molecule has 0 unspecified atom stereocenters. The van der Waals surface area contributed by atoms with E-state index >= 15 is 0 Å². The summed E-state index contributed by atoms with van der Waals surface area (Å²) in [5.41, 5.74) is 0.926. The lowest BCUT2D eigenvalue weighted by Crippen LogP contribution is -2.40. The summed E-state index contributed by atoms with van der Waals surface area (Å²) < 4.78 is 6.16. The number of Topliss-reactive ketones (excluding diaryl/α,β-unsaturated/α-hetero) is 1. The Morgan fingerprint density at radius 1 is 1.33 bits per heavy atom. The maximum Gasteiger partial charge on any atom is 0.410 e. The molecule has 96 valence electrons. The van der Waals surface area contributed by atoms with Gasteiger partial charge in [0.05, 0.1) is 6.54 Å². The van der Waals surface area contributed by atoms with Gasteiger partial charge >= 0.3 is 6.09 Å². The van der Waals surface area contributed by atoms with Crippen LogP contribution in [-0.4, -0.2) is 29.9 Å². The second kappa shape index (κ2) is 6.00. The summed E-state index contributed by atoms with van der Waals surface area (Å²) in [4.78, 5) is 24.4. The van der Waals surface area contributed by atoms with E-state index in [1.54, 1.807) is 0 Å². The molecule has 5 heteroatoms. The number of halogens is 1. The fourth-order valence-corrected chi connectivity index (χ4v) is 2.08. The van der Waals surface area contributed by atoms with Gasteiger partial charge in [0.2, 0.25) is 0 Å². The van der Waals surface area contributed by atoms with Crippen LogP contribution in [0, 0.1) is 0 Å². The average molecular weight is 312 g/mol. The Morgan fingerprint density at radius 3 is 2.72 bits per heavy atom. The second-order valence-corrected chi connectivity index (χ2v) is 5.16. The van der Waals surface area contributed by atoms with Crippen molar-refractivity contribution < 1.29 is 14.3 Å². The predicted molar refractivity (Wildman–Crippen MR) is 70.1 cm³/mol. The Balaban J connectivity index is 1.84. The number of hydrogen-bond donors (Lipinski definition) is 0. The zero-order valence-electron chi connectivity index (χ0n) is 9.89. The number of rotatable bonds is 2. The van der Waals surface area contributed by atoms with E-state index in [-0.39, 0.29) is 18.9 Å². The summed E-state index contributed by atoms with van der Waals surface area (Å²) in [6.07, 6.45) is 0.883. The molecular formula is C13H14BrNO3. The van der Waals surface area contributed by atoms with Gasteiger partial charge in [-0.05, 0) is 24.1 Å². The number of nitrogens with zero attached hydrogens (tertiary/aromatic N) is 1. The van der Waals surface area contributed by atoms with Gasteiger partial charge in [0.1, 0.15) is 6.61 Å². The molecule has 0 N–H and O–H groups in total. The van der Waals surface area contributed by atoms with Crippen LogP contribution in [0.1, 0.15) is 18.4 Å². The molecule has 0 aliphatic carbocycles. The Morgan fingerprint density at radius 2 is 2.06 bits per heavy atom. The molecule has 0 radical (unpaired) electrons. The van der Waals surface area contributed by atoms with Crippen molar-refractivity contribution >= 4 is 27.8 Å². The van der Waals surface area contributed by atoms with Crippen molar-refractivity contribution in [1.29, 1.82) is 0 Å². The van der Waals surface area contributed by atoms with Crippen LogP contribution < -0.4 is 0 Å². The van der Waals surface area contributed by atoms with E-state index in [0.29, 0.717) is 13.0 Å². The van der Waals surface area contributed by atoms with Crippen LogP contribution in [0.15, 0.2) is 28.7 Å². The van der Waals surface area contributed by atoms with Crippen LogP contribution in [0.5, 0.6) is 0 Å². The van der Waals surface area contributed by atoms with Gasteiger partial charge in [0.15, 0.2) is 5.78 Å². The van der Waals surface area contributed by atoms with E-state index in [4.69, 9.17) is 4.74 Å². The first kappa shape index (κ1) is 13.1. The highest BCUT2D eigenvalue weighted by Crippen LogP contribution is 2.12. The summed E-state index contributed by atoms with van der Waals surface area (Å²) >= 11 is 3.34. The predicted octanol–water partition coefficient (Wildman–Crippen LogP) is 2.75. The molecule has 1 saturated heterocycles. The third-order valence-corrected chi connectivity index (χ3v) is 3.31. The van der Waals surface area contributed by atoms with Crippen LogP contribution in [-0.2, 0) is 16.1 Å². The number of hydrogen-bond acceptors (Lipinski definition) is 3. The summed E-state index contributed by atoms with van der Waals surface area (Å²) in [6.45, 7) is 1.01. The third-order valence-electron chi connectivity index (χ3n) is 2.78. The highest BCUT2D eigenvalue weighted by atomic mass is 79.9. The van der Waals surface area contributed by atoms with Gasteiger partial charge in [0.25, 0.3) is 0 Å². The van der Waals surface area contributed by atoms with E-state index in [0.717, 1.165) is 16.5 Å². The SMILES string of the molecule is O=C1CCCN(C(=O)OCc2ccc(Br)cc2)C1. The lowest BCUT2D eigenvalue weighted by Gasteiger charge is -2.24. The van der Waals surface area contributed by atoms with Gasteiger partial charge in [-0.25, -0.2) is 4.79 Å². The molecule has 18 heavy (non-hydrogen) atoms. The minimum absolute atomic E-state index is 0.0989. The quantitative estimate of drug-likeness (QED) is 0.843. The first-order valence-electron chi connectivity index (χ1n) is 5.83. The molecular weight excluding hydrogens is 298 g/mol. The third kappa shape index (κ3) is 3.57. The van der Waals surface area contributed by atoms with Gasteiger partial charge in [-0.1, -0.05) is 28.1 Å². The molecule has 0 aromatic heterocycles. The Labute approximate surface area is 114 Å². The minimum Gasteiger partial charge on any atom is -0.445 e. The normalized spacial score (nSPS) is 15.6. The molecule has 1 aliphatic heterocycles. The number of carbonyl (C=O) groups is 2. The van der Waals surface area contributed by atoms with Crippen molar-refractivity contribution in [3.63, 3.8) is 0 Å². The van der Waals surface area contributed by atoms with E-state index in [1.165, 1.54) is 4.90 Å². The van der Waals surface area contributed by atoms with E-state index in [9.17, 15) is 9.59 Å². The summed E-state index contributed by atoms with van der Waals surface area (Å²) in [7, 11) is 0. The molecule has 1 aliphatic rings. The highest BCUT2D eigenvalue weighted by molar-refractivity contribution is 9.10. The highest BCUT2D eigenvalue weighted by Gasteiger charge is 2.22. The first-order chi connectivity index (χ1) is 8.65. The van der Waals surface area contributed by atoms with E-state index in [1.807, 2.05) is 24.3 Å². The molecule has 0 atom stereocenters. The number of ketones is 1. The number of likely N-dealkylation sites (tertiary alicyclic amines) is 1. The van der Waals surface area contributed by atoms with Crippen LogP contribution in [0.25, 0.3) is 0 Å². The summed E-state index contributed by atoms with van der Waals surface area (Å²) in [6, 6.07) is 7.57. The largest absolute Gasteiger partial charge is 0.445 e. The van der Waals surface area contributed by atoms with Crippen molar-refractivity contribution in [2.24, 2.45) is 0 Å². The number of ether oxygens (including phenoxy) is 1. The summed E-state index contributed by atoms with van der Waals surface area (Å²) in [5, 5.41) is 0. The molecule has 1 aromatic carbocycles. The Kier molecular flexibility index (Phi) is 4.36. The lowest BCUT2D eigenvalue weighted by molar-refractivity contribution is -0.121. The lowest BCUT2D eigenvalue weighted by atomic mass is 10.1. The molecule has 2 rings (SSSR count). The van der Waals surface area contributed by atoms with Crippen molar-refractivity contribution in [2.45, 2.75) is 19.4 Å². The fourth-order valence-electron chi connectivity index (χ4n) is 1.81.